The summed E-state index contributed by atoms with van der Waals surface area (Å²) in [6, 6.07) is 15.8. The Kier molecular flexibility index (Phi) is 5.38. The molecular weight excluding hydrogens is 408 g/mol. The lowest BCUT2D eigenvalue weighted by atomic mass is 10.1. The minimum atomic E-state index is 0.0775. The molecule has 0 radical (unpaired) electrons. The molecule has 0 atom stereocenters. The second kappa shape index (κ2) is 8.47. The summed E-state index contributed by atoms with van der Waals surface area (Å²) < 4.78 is 2.02. The van der Waals surface area contributed by atoms with E-state index < -0.39 is 0 Å². The van der Waals surface area contributed by atoms with Crippen LogP contribution in [0, 0.1) is 0 Å². The van der Waals surface area contributed by atoms with E-state index in [9.17, 15) is 4.79 Å². The number of para-hydroxylation sites is 2. The largest absolute Gasteiger partial charge is 0.341 e. The fourth-order valence-electron chi connectivity index (χ4n) is 4.01. The first-order valence-electron chi connectivity index (χ1n) is 10.4. The molecule has 1 N–H and O–H groups in total. The topological polar surface area (TPSA) is 70.1 Å². The van der Waals surface area contributed by atoms with Crippen molar-refractivity contribution < 1.29 is 4.79 Å². The highest BCUT2D eigenvalue weighted by Crippen LogP contribution is 2.21. The van der Waals surface area contributed by atoms with Gasteiger partial charge in [0.1, 0.15) is 0 Å². The van der Waals surface area contributed by atoms with Gasteiger partial charge in [-0.3, -0.25) is 9.36 Å². The highest BCUT2D eigenvalue weighted by atomic mass is 32.2. The van der Waals surface area contributed by atoms with E-state index in [-0.39, 0.29) is 5.91 Å². The van der Waals surface area contributed by atoms with Crippen molar-refractivity contribution >= 4 is 34.7 Å². The molecule has 7 nitrogen and oxygen atoms in total. The minimum Gasteiger partial charge on any atom is -0.341 e. The van der Waals surface area contributed by atoms with Crippen LogP contribution in [0.3, 0.4) is 0 Å². The normalized spacial score (nSPS) is 14.7. The van der Waals surface area contributed by atoms with Gasteiger partial charge in [0.05, 0.1) is 11.0 Å². The van der Waals surface area contributed by atoms with Gasteiger partial charge in [-0.2, -0.15) is 0 Å². The predicted octanol–water partition coefficient (Wildman–Crippen LogP) is 3.82. The fraction of sp³-hybridized carbons (Fsp3) is 0.261. The predicted molar refractivity (Wildman–Crippen MR) is 124 cm³/mol. The summed E-state index contributed by atoms with van der Waals surface area (Å²) in [7, 11) is 0. The van der Waals surface area contributed by atoms with Crippen molar-refractivity contribution in [2.24, 2.45) is 0 Å². The van der Waals surface area contributed by atoms with Crippen LogP contribution in [-0.4, -0.2) is 62.8 Å². The number of aromatic amines is 1. The van der Waals surface area contributed by atoms with Gasteiger partial charge in [0, 0.05) is 49.8 Å². The maximum Gasteiger partial charge on any atom is 0.253 e. The molecule has 1 aliphatic rings. The Morgan fingerprint density at radius 2 is 1.87 bits per heavy atom. The van der Waals surface area contributed by atoms with Crippen LogP contribution in [0.15, 0.2) is 66.1 Å². The van der Waals surface area contributed by atoms with Crippen LogP contribution in [-0.2, 0) is 0 Å². The molecule has 158 valence electrons. The fourth-order valence-corrected chi connectivity index (χ4v) is 4.54. The Balaban J connectivity index is 1.28. The third-order valence-electron chi connectivity index (χ3n) is 5.64. The van der Waals surface area contributed by atoms with Gasteiger partial charge >= 0.3 is 0 Å². The Hall–Kier alpha value is -3.26. The molecule has 0 saturated carbocycles. The number of benzene rings is 2. The molecule has 2 aromatic heterocycles. The van der Waals surface area contributed by atoms with E-state index in [2.05, 4.69) is 14.9 Å². The van der Waals surface area contributed by atoms with E-state index in [1.807, 2.05) is 70.5 Å². The molecule has 31 heavy (non-hydrogen) atoms. The molecule has 0 aliphatic carbocycles. The molecule has 0 bridgehead atoms. The van der Waals surface area contributed by atoms with Crippen molar-refractivity contribution in [3.63, 3.8) is 0 Å². The molecule has 8 heteroatoms. The molecule has 1 aliphatic heterocycles. The number of carbonyl (C=O) groups excluding carboxylic acids is 1. The van der Waals surface area contributed by atoms with E-state index in [1.165, 1.54) is 0 Å². The maximum absolute atomic E-state index is 13.1. The summed E-state index contributed by atoms with van der Waals surface area (Å²) in [6.45, 7) is 3.06. The zero-order valence-corrected chi connectivity index (χ0v) is 18.2. The van der Waals surface area contributed by atoms with E-state index in [1.54, 1.807) is 18.0 Å². The van der Waals surface area contributed by atoms with Crippen LogP contribution in [0.2, 0.25) is 0 Å². The lowest BCUT2D eigenvalue weighted by molar-refractivity contribution is 0.0767. The third-order valence-corrected chi connectivity index (χ3v) is 6.31. The van der Waals surface area contributed by atoms with Crippen LogP contribution >= 0.6 is 11.8 Å². The summed E-state index contributed by atoms with van der Waals surface area (Å²) in [4.78, 5) is 29.7. The van der Waals surface area contributed by atoms with Crippen molar-refractivity contribution in [3.05, 3.63) is 66.5 Å². The van der Waals surface area contributed by atoms with Gasteiger partial charge in [0.25, 0.3) is 5.91 Å². The maximum atomic E-state index is 13.1. The molecule has 0 spiro atoms. The number of nitrogens with one attached hydrogen (secondary N) is 1. The van der Waals surface area contributed by atoms with E-state index in [0.29, 0.717) is 12.1 Å². The lowest BCUT2D eigenvalue weighted by Crippen LogP contribution is -2.35. The SMILES string of the molecule is CSc1nccn1-c1ccc(C(=O)N2CCCN(c3nc4ccccc4[nH]3)CC2)cc1. The molecule has 2 aromatic carbocycles. The zero-order valence-electron chi connectivity index (χ0n) is 17.4. The van der Waals surface area contributed by atoms with Gasteiger partial charge in [-0.15, -0.1) is 0 Å². The van der Waals surface area contributed by atoms with Gasteiger partial charge < -0.3 is 14.8 Å². The quantitative estimate of drug-likeness (QED) is 0.497. The van der Waals surface area contributed by atoms with Gasteiger partial charge in [0.2, 0.25) is 5.95 Å². The Morgan fingerprint density at radius 3 is 2.68 bits per heavy atom. The number of imidazole rings is 2. The van der Waals surface area contributed by atoms with Crippen molar-refractivity contribution in [1.82, 2.24) is 24.4 Å². The standard InChI is InChI=1S/C23H24N6OS/c1-31-23-24-11-14-29(23)18-9-7-17(8-10-18)21(30)27-12-4-13-28(16-15-27)22-25-19-5-2-3-6-20(19)26-22/h2-3,5-11,14H,4,12-13,15-16H2,1H3,(H,25,26). The Labute approximate surface area is 185 Å². The highest BCUT2D eigenvalue weighted by Gasteiger charge is 2.22. The number of hydrogen-bond donors (Lipinski definition) is 1. The first-order chi connectivity index (χ1) is 15.2. The van der Waals surface area contributed by atoms with Crippen LogP contribution in [0.5, 0.6) is 0 Å². The Bertz CT molecular complexity index is 1170. The number of fused-ring (bicyclic) bond motifs is 1. The van der Waals surface area contributed by atoms with Crippen molar-refractivity contribution in [2.75, 3.05) is 37.3 Å². The minimum absolute atomic E-state index is 0.0775. The number of hydrogen-bond acceptors (Lipinski definition) is 5. The number of carbonyl (C=O) groups is 1. The van der Waals surface area contributed by atoms with E-state index in [4.69, 9.17) is 4.98 Å². The van der Waals surface area contributed by atoms with Crippen LogP contribution in [0.25, 0.3) is 16.7 Å². The van der Waals surface area contributed by atoms with Gasteiger partial charge in [-0.05, 0) is 49.1 Å². The number of aromatic nitrogens is 4. The first kappa shape index (κ1) is 19.7. The number of anilines is 1. The van der Waals surface area contributed by atoms with Crippen molar-refractivity contribution in [3.8, 4) is 5.69 Å². The summed E-state index contributed by atoms with van der Waals surface area (Å²) in [5.41, 5.74) is 3.73. The molecule has 1 fully saturated rings. The number of H-pyrrole nitrogens is 1. The lowest BCUT2D eigenvalue weighted by Gasteiger charge is -2.22. The van der Waals surface area contributed by atoms with E-state index in [0.717, 1.165) is 53.9 Å². The van der Waals surface area contributed by atoms with Gasteiger partial charge in [-0.25, -0.2) is 9.97 Å². The van der Waals surface area contributed by atoms with Crippen LogP contribution < -0.4 is 4.90 Å². The summed E-state index contributed by atoms with van der Waals surface area (Å²) >= 11 is 1.60. The molecule has 0 unspecified atom stereocenters. The monoisotopic (exact) mass is 432 g/mol. The average molecular weight is 433 g/mol. The molecule has 4 aromatic rings. The number of rotatable bonds is 4. The second-order valence-corrected chi connectivity index (χ2v) is 8.31. The summed E-state index contributed by atoms with van der Waals surface area (Å²) in [6.07, 6.45) is 6.64. The first-order valence-corrected chi connectivity index (χ1v) is 11.6. The molecule has 1 saturated heterocycles. The number of amides is 1. The molecule has 1 amide bonds. The molecule has 5 rings (SSSR count). The molecular formula is C23H24N6OS. The van der Waals surface area contributed by atoms with Crippen molar-refractivity contribution in [2.45, 2.75) is 11.6 Å². The second-order valence-electron chi connectivity index (χ2n) is 7.54. The summed E-state index contributed by atoms with van der Waals surface area (Å²) in [5.74, 6) is 0.957. The molecule has 3 heterocycles. The van der Waals surface area contributed by atoms with Crippen LogP contribution in [0.4, 0.5) is 5.95 Å². The number of nitrogens with zero attached hydrogens (tertiary/aromatic N) is 5. The van der Waals surface area contributed by atoms with Crippen LogP contribution in [0.1, 0.15) is 16.8 Å². The summed E-state index contributed by atoms with van der Waals surface area (Å²) in [5, 5.41) is 0.928. The Morgan fingerprint density at radius 1 is 1.03 bits per heavy atom. The zero-order chi connectivity index (χ0) is 21.2. The van der Waals surface area contributed by atoms with Gasteiger partial charge in [0.15, 0.2) is 5.16 Å². The smallest absolute Gasteiger partial charge is 0.253 e. The highest BCUT2D eigenvalue weighted by molar-refractivity contribution is 7.98. The van der Waals surface area contributed by atoms with E-state index >= 15 is 0 Å². The number of thioether (sulfide) groups is 1. The van der Waals surface area contributed by atoms with Crippen molar-refractivity contribution in [1.29, 1.82) is 0 Å². The average Bonchev–Trinajstić information content (AvgIpc) is 3.39. The van der Waals surface area contributed by atoms with Gasteiger partial charge in [-0.1, -0.05) is 23.9 Å². The third kappa shape index (κ3) is 3.90.